The third kappa shape index (κ3) is 5.77. The molecule has 0 fully saturated rings. The van der Waals surface area contributed by atoms with Crippen LogP contribution < -0.4 is 10.2 Å². The third-order valence-corrected chi connectivity index (χ3v) is 6.69. The highest BCUT2D eigenvalue weighted by atomic mass is 35.5. The Hall–Kier alpha value is -3.93. The highest BCUT2D eigenvalue weighted by molar-refractivity contribution is 7.19. The Morgan fingerprint density at radius 1 is 0.800 bits per heavy atom. The normalized spacial score (nSPS) is 11.0. The fourth-order valence-electron chi connectivity index (χ4n) is 3.53. The van der Waals surface area contributed by atoms with E-state index in [4.69, 9.17) is 21.3 Å². The molecule has 1 N–H and O–H groups in total. The molecule has 1 aromatic heterocycles. The Balaban J connectivity index is 1.27. The number of benzene rings is 4. The maximum absolute atomic E-state index is 6.20. The van der Waals surface area contributed by atoms with Crippen molar-refractivity contribution in [1.82, 2.24) is 4.98 Å². The number of hydrazone groups is 1. The van der Waals surface area contributed by atoms with E-state index in [-0.39, 0.29) is 0 Å². The quantitative estimate of drug-likeness (QED) is 0.174. The van der Waals surface area contributed by atoms with Gasteiger partial charge in [0.2, 0.25) is 5.13 Å². The third-order valence-electron chi connectivity index (χ3n) is 5.32. The van der Waals surface area contributed by atoms with Crippen molar-refractivity contribution in [3.8, 4) is 27.4 Å². The minimum absolute atomic E-state index is 0.423. The van der Waals surface area contributed by atoms with Gasteiger partial charge in [-0.25, -0.2) is 4.98 Å². The van der Waals surface area contributed by atoms with Gasteiger partial charge in [-0.1, -0.05) is 102 Å². The molecule has 6 heteroatoms. The molecule has 0 saturated carbocycles. The van der Waals surface area contributed by atoms with Crippen molar-refractivity contribution >= 4 is 34.3 Å². The molecule has 5 aromatic rings. The van der Waals surface area contributed by atoms with Crippen molar-refractivity contribution in [3.63, 3.8) is 0 Å². The zero-order valence-electron chi connectivity index (χ0n) is 18.8. The van der Waals surface area contributed by atoms with Crippen LogP contribution in [0, 0.1) is 0 Å². The molecule has 5 rings (SSSR count). The monoisotopic (exact) mass is 495 g/mol. The van der Waals surface area contributed by atoms with E-state index in [0.29, 0.717) is 11.6 Å². The van der Waals surface area contributed by atoms with Crippen LogP contribution in [-0.4, -0.2) is 11.2 Å². The lowest BCUT2D eigenvalue weighted by molar-refractivity contribution is 0.306. The van der Waals surface area contributed by atoms with Crippen molar-refractivity contribution in [2.75, 3.05) is 5.43 Å². The van der Waals surface area contributed by atoms with E-state index in [1.165, 1.54) is 0 Å². The second-order valence-electron chi connectivity index (χ2n) is 7.75. The van der Waals surface area contributed by atoms with Crippen LogP contribution in [0.5, 0.6) is 5.75 Å². The minimum Gasteiger partial charge on any atom is -0.489 e. The molecular weight excluding hydrogens is 474 g/mol. The Morgan fingerprint density at radius 2 is 1.46 bits per heavy atom. The summed E-state index contributed by atoms with van der Waals surface area (Å²) in [5, 5.41) is 5.84. The number of aromatic nitrogens is 1. The lowest BCUT2D eigenvalue weighted by Crippen LogP contribution is -1.96. The molecule has 0 radical (unpaired) electrons. The number of halogens is 1. The summed E-state index contributed by atoms with van der Waals surface area (Å²) in [6, 6.07) is 35.9. The zero-order chi connectivity index (χ0) is 23.9. The van der Waals surface area contributed by atoms with E-state index in [0.717, 1.165) is 43.7 Å². The Morgan fingerprint density at radius 3 is 2.17 bits per heavy atom. The number of hydrogen-bond donors (Lipinski definition) is 1. The van der Waals surface area contributed by atoms with Crippen LogP contribution in [0.4, 0.5) is 5.13 Å². The molecule has 0 bridgehead atoms. The van der Waals surface area contributed by atoms with Crippen LogP contribution >= 0.6 is 22.9 Å². The van der Waals surface area contributed by atoms with Gasteiger partial charge < -0.3 is 4.74 Å². The largest absolute Gasteiger partial charge is 0.489 e. The maximum atomic E-state index is 6.20. The standard InChI is InChI=1S/C29H22ClN3OS/c30-26-14-8-7-13-24(26)20-34-25-17-15-21(16-18-25)19-31-33-29-32-27(22-9-3-1-4-10-22)28(35-29)23-11-5-2-6-12-23/h1-19H,20H2,(H,32,33)/b31-19-. The van der Waals surface area contributed by atoms with Crippen molar-refractivity contribution < 1.29 is 4.74 Å². The summed E-state index contributed by atoms with van der Waals surface area (Å²) in [6.45, 7) is 0.423. The Labute approximate surface area is 213 Å². The molecule has 0 atom stereocenters. The van der Waals surface area contributed by atoms with E-state index in [9.17, 15) is 0 Å². The van der Waals surface area contributed by atoms with Crippen LogP contribution in [0.2, 0.25) is 5.02 Å². The molecule has 0 spiro atoms. The van der Waals surface area contributed by atoms with Crippen LogP contribution in [-0.2, 0) is 6.61 Å². The summed E-state index contributed by atoms with van der Waals surface area (Å²) in [7, 11) is 0. The second kappa shape index (κ2) is 11.0. The highest BCUT2D eigenvalue weighted by Gasteiger charge is 2.14. The van der Waals surface area contributed by atoms with Gasteiger partial charge in [-0.3, -0.25) is 5.43 Å². The molecule has 0 aliphatic heterocycles. The topological polar surface area (TPSA) is 46.5 Å². The molecule has 0 aliphatic carbocycles. The molecule has 35 heavy (non-hydrogen) atoms. The average molecular weight is 496 g/mol. The lowest BCUT2D eigenvalue weighted by atomic mass is 10.1. The summed E-state index contributed by atoms with van der Waals surface area (Å²) in [6.07, 6.45) is 1.77. The summed E-state index contributed by atoms with van der Waals surface area (Å²) < 4.78 is 5.85. The second-order valence-corrected chi connectivity index (χ2v) is 9.15. The number of ether oxygens (including phenoxy) is 1. The first-order chi connectivity index (χ1) is 17.3. The molecule has 1 heterocycles. The van der Waals surface area contributed by atoms with Crippen molar-refractivity contribution in [2.45, 2.75) is 6.61 Å². The van der Waals surface area contributed by atoms with Crippen molar-refractivity contribution in [2.24, 2.45) is 5.10 Å². The molecular formula is C29H22ClN3OS. The van der Waals surface area contributed by atoms with Crippen LogP contribution in [0.3, 0.4) is 0 Å². The van der Waals surface area contributed by atoms with E-state index in [2.05, 4.69) is 34.8 Å². The molecule has 0 aliphatic rings. The summed E-state index contributed by atoms with van der Waals surface area (Å²) in [5.41, 5.74) is 8.15. The van der Waals surface area contributed by atoms with Gasteiger partial charge in [0.05, 0.1) is 16.8 Å². The van der Waals surface area contributed by atoms with Gasteiger partial charge in [-0.2, -0.15) is 5.10 Å². The Bertz CT molecular complexity index is 1360. The maximum Gasteiger partial charge on any atom is 0.204 e. The van der Waals surface area contributed by atoms with Crippen molar-refractivity contribution in [1.29, 1.82) is 0 Å². The molecule has 0 unspecified atom stereocenters. The number of hydrogen-bond acceptors (Lipinski definition) is 5. The van der Waals surface area contributed by atoms with Gasteiger partial charge in [0.15, 0.2) is 0 Å². The predicted molar refractivity (Wildman–Crippen MR) is 146 cm³/mol. The minimum atomic E-state index is 0.423. The van der Waals surface area contributed by atoms with E-state index in [1.54, 1.807) is 17.6 Å². The first-order valence-electron chi connectivity index (χ1n) is 11.1. The van der Waals surface area contributed by atoms with E-state index in [1.807, 2.05) is 84.9 Å². The van der Waals surface area contributed by atoms with Gasteiger partial charge in [0.1, 0.15) is 12.4 Å². The number of rotatable bonds is 8. The first-order valence-corrected chi connectivity index (χ1v) is 12.3. The summed E-state index contributed by atoms with van der Waals surface area (Å²) in [4.78, 5) is 5.93. The van der Waals surface area contributed by atoms with E-state index < -0.39 is 0 Å². The van der Waals surface area contributed by atoms with Gasteiger partial charge in [0.25, 0.3) is 0 Å². The lowest BCUT2D eigenvalue weighted by Gasteiger charge is -2.07. The SMILES string of the molecule is Clc1ccccc1COc1ccc(/C=N\Nc2nc(-c3ccccc3)c(-c3ccccc3)s2)cc1. The Kier molecular flexibility index (Phi) is 7.18. The summed E-state index contributed by atoms with van der Waals surface area (Å²) in [5.74, 6) is 0.773. The first kappa shape index (κ1) is 22.8. The van der Waals surface area contributed by atoms with Crippen molar-refractivity contribution in [3.05, 3.63) is 125 Å². The predicted octanol–water partition coefficient (Wildman–Crippen LogP) is 8.16. The fourth-order valence-corrected chi connectivity index (χ4v) is 4.67. The molecule has 0 amide bonds. The van der Waals surface area contributed by atoms with Gasteiger partial charge in [0, 0.05) is 16.1 Å². The number of nitrogens with zero attached hydrogens (tertiary/aromatic N) is 2. The van der Waals surface area contributed by atoms with Gasteiger partial charge >= 0.3 is 0 Å². The zero-order valence-corrected chi connectivity index (χ0v) is 20.3. The van der Waals surface area contributed by atoms with Crippen LogP contribution in [0.15, 0.2) is 114 Å². The smallest absolute Gasteiger partial charge is 0.204 e. The number of nitrogens with one attached hydrogen (secondary N) is 1. The van der Waals surface area contributed by atoms with Crippen LogP contribution in [0.1, 0.15) is 11.1 Å². The molecule has 0 saturated heterocycles. The number of thiazole rings is 1. The highest BCUT2D eigenvalue weighted by Crippen LogP contribution is 2.38. The molecule has 172 valence electrons. The van der Waals surface area contributed by atoms with Gasteiger partial charge in [-0.05, 0) is 41.5 Å². The molecule has 4 nitrogen and oxygen atoms in total. The van der Waals surface area contributed by atoms with Crippen LogP contribution in [0.25, 0.3) is 21.7 Å². The number of anilines is 1. The van der Waals surface area contributed by atoms with Gasteiger partial charge in [-0.15, -0.1) is 0 Å². The summed E-state index contributed by atoms with van der Waals surface area (Å²) >= 11 is 7.78. The fraction of sp³-hybridized carbons (Fsp3) is 0.0345. The van der Waals surface area contributed by atoms with E-state index >= 15 is 0 Å². The molecule has 4 aromatic carbocycles. The average Bonchev–Trinajstić information content (AvgIpc) is 3.34.